The van der Waals surface area contributed by atoms with Crippen LogP contribution >= 0.6 is 11.3 Å². The Morgan fingerprint density at radius 2 is 2.16 bits per heavy atom. The summed E-state index contributed by atoms with van der Waals surface area (Å²) in [6.45, 7) is 1.19. The number of hydrogen-bond donors (Lipinski definition) is 1. The Morgan fingerprint density at radius 1 is 1.40 bits per heavy atom. The van der Waals surface area contributed by atoms with E-state index in [-0.39, 0.29) is 10.8 Å². The lowest BCUT2D eigenvalue weighted by Gasteiger charge is -2.16. The third kappa shape index (κ3) is 5.52. The monoisotopic (exact) mass is 383 g/mol. The molecule has 0 spiro atoms. The summed E-state index contributed by atoms with van der Waals surface area (Å²) >= 11 is 1.37. The zero-order valence-corrected chi connectivity index (χ0v) is 15.8. The van der Waals surface area contributed by atoms with E-state index < -0.39 is 9.84 Å². The minimum atomic E-state index is -3.26. The van der Waals surface area contributed by atoms with E-state index in [0.29, 0.717) is 37.6 Å². The van der Waals surface area contributed by atoms with Crippen LogP contribution in [0.2, 0.25) is 0 Å². The van der Waals surface area contributed by atoms with Crippen LogP contribution in [0.1, 0.15) is 21.9 Å². The maximum Gasteiger partial charge on any atom is 0.273 e. The molecule has 1 heterocycles. The fraction of sp³-hybridized carbons (Fsp3) is 0.375. The zero-order chi connectivity index (χ0) is 18.4. The first-order valence-corrected chi connectivity index (χ1v) is 10.4. The van der Waals surface area contributed by atoms with Gasteiger partial charge in [-0.2, -0.15) is 0 Å². The Labute approximate surface area is 151 Å². The second-order valence-corrected chi connectivity index (χ2v) is 8.46. The number of benzene rings is 1. The first-order valence-electron chi connectivity index (χ1n) is 7.64. The number of rotatable bonds is 8. The quantitative estimate of drug-likeness (QED) is 0.694. The molecule has 7 nitrogen and oxygen atoms in total. The smallest absolute Gasteiger partial charge is 0.273 e. The van der Waals surface area contributed by atoms with Crippen molar-refractivity contribution in [2.24, 2.45) is 5.73 Å². The number of sulfone groups is 1. The van der Waals surface area contributed by atoms with Crippen molar-refractivity contribution >= 4 is 27.1 Å². The minimum Gasteiger partial charge on any atom is -0.493 e. The van der Waals surface area contributed by atoms with E-state index in [4.69, 9.17) is 10.5 Å². The van der Waals surface area contributed by atoms with Gasteiger partial charge in [0.1, 0.15) is 16.5 Å². The Kier molecular flexibility index (Phi) is 6.51. The van der Waals surface area contributed by atoms with Crippen LogP contribution in [0.5, 0.6) is 5.75 Å². The molecule has 0 unspecified atom stereocenters. The van der Waals surface area contributed by atoms with Crippen LogP contribution < -0.4 is 10.5 Å². The van der Waals surface area contributed by atoms with E-state index in [1.54, 1.807) is 29.5 Å². The van der Waals surface area contributed by atoms with E-state index >= 15 is 0 Å². The number of hydrogen-bond acceptors (Lipinski definition) is 7. The highest BCUT2D eigenvalue weighted by Gasteiger charge is 2.15. The van der Waals surface area contributed by atoms with Gasteiger partial charge in [0.05, 0.1) is 11.5 Å². The molecule has 1 aromatic heterocycles. The van der Waals surface area contributed by atoms with Crippen LogP contribution in [0.4, 0.5) is 0 Å². The van der Waals surface area contributed by atoms with Crippen molar-refractivity contribution in [3.63, 3.8) is 0 Å². The highest BCUT2D eigenvalue weighted by Crippen LogP contribution is 2.17. The number of ether oxygens (including phenoxy) is 1. The first-order chi connectivity index (χ1) is 11.8. The van der Waals surface area contributed by atoms with Crippen LogP contribution in [0.15, 0.2) is 34.5 Å². The molecule has 0 bridgehead atoms. The molecule has 0 atom stereocenters. The Bertz CT molecular complexity index is 833. The standard InChI is InChI=1S/C16H21N3O4S2/c1-19(16(20)14-11-24-15(10-17)18-14)7-4-8-23-12-5-3-6-13(9-12)25(2,21)22/h3,5-6,9,11H,4,7-8,10,17H2,1-2H3. The fourth-order valence-corrected chi connectivity index (χ4v) is 3.39. The van der Waals surface area contributed by atoms with Crippen molar-refractivity contribution in [2.45, 2.75) is 17.9 Å². The number of thiazole rings is 1. The molecule has 1 aromatic carbocycles. The normalized spacial score (nSPS) is 11.3. The molecule has 0 fully saturated rings. The lowest BCUT2D eigenvalue weighted by atomic mass is 10.3. The van der Waals surface area contributed by atoms with Gasteiger partial charge in [0.2, 0.25) is 0 Å². The topological polar surface area (TPSA) is 103 Å². The van der Waals surface area contributed by atoms with Gasteiger partial charge in [-0.1, -0.05) is 6.07 Å². The molecule has 136 valence electrons. The van der Waals surface area contributed by atoms with Gasteiger partial charge in [-0.3, -0.25) is 4.79 Å². The van der Waals surface area contributed by atoms with Gasteiger partial charge in [-0.05, 0) is 24.6 Å². The average Bonchev–Trinajstić information content (AvgIpc) is 3.06. The predicted molar refractivity (Wildman–Crippen MR) is 96.6 cm³/mol. The van der Waals surface area contributed by atoms with E-state index in [1.165, 1.54) is 23.5 Å². The Balaban J connectivity index is 1.81. The molecular formula is C16H21N3O4S2. The minimum absolute atomic E-state index is 0.157. The maximum absolute atomic E-state index is 12.2. The summed E-state index contributed by atoms with van der Waals surface area (Å²) in [5.41, 5.74) is 5.90. The molecule has 0 aliphatic rings. The van der Waals surface area contributed by atoms with Crippen LogP contribution in [-0.2, 0) is 16.4 Å². The van der Waals surface area contributed by atoms with Crippen LogP contribution in [0.25, 0.3) is 0 Å². The third-order valence-corrected chi connectivity index (χ3v) is 5.41. The SMILES string of the molecule is CN(CCCOc1cccc(S(C)(=O)=O)c1)C(=O)c1csc(CN)n1. The molecule has 0 radical (unpaired) electrons. The zero-order valence-electron chi connectivity index (χ0n) is 14.1. The third-order valence-electron chi connectivity index (χ3n) is 3.43. The molecule has 2 N–H and O–H groups in total. The van der Waals surface area contributed by atoms with E-state index in [9.17, 15) is 13.2 Å². The molecule has 1 amide bonds. The largest absolute Gasteiger partial charge is 0.493 e. The average molecular weight is 383 g/mol. The molecule has 9 heteroatoms. The summed E-state index contributed by atoms with van der Waals surface area (Å²) < 4.78 is 28.6. The van der Waals surface area contributed by atoms with Crippen LogP contribution in [-0.4, -0.2) is 50.7 Å². The molecule has 2 aromatic rings. The second-order valence-electron chi connectivity index (χ2n) is 5.51. The molecule has 0 saturated heterocycles. The molecule has 25 heavy (non-hydrogen) atoms. The predicted octanol–water partition coefficient (Wildman–Crippen LogP) is 1.55. The van der Waals surface area contributed by atoms with E-state index in [1.807, 2.05) is 0 Å². The van der Waals surface area contributed by atoms with E-state index in [2.05, 4.69) is 4.98 Å². The van der Waals surface area contributed by atoms with E-state index in [0.717, 1.165) is 11.3 Å². The summed E-state index contributed by atoms with van der Waals surface area (Å²) in [6.07, 6.45) is 1.76. The number of amides is 1. The molecule has 0 saturated carbocycles. The molecule has 2 rings (SSSR count). The van der Waals surface area contributed by atoms with Gasteiger partial charge in [-0.25, -0.2) is 13.4 Å². The van der Waals surface area contributed by atoms with Gasteiger partial charge in [0.25, 0.3) is 5.91 Å². The van der Waals surface area contributed by atoms with Crippen molar-refractivity contribution in [1.29, 1.82) is 0 Å². The Hall–Kier alpha value is -1.97. The van der Waals surface area contributed by atoms with Gasteiger partial charge in [0, 0.05) is 31.8 Å². The summed E-state index contributed by atoms with van der Waals surface area (Å²) in [5, 5.41) is 2.43. The maximum atomic E-state index is 12.2. The highest BCUT2D eigenvalue weighted by molar-refractivity contribution is 7.90. The van der Waals surface area contributed by atoms with Crippen molar-refractivity contribution in [2.75, 3.05) is 26.5 Å². The molecule has 0 aliphatic heterocycles. The molecular weight excluding hydrogens is 362 g/mol. The highest BCUT2D eigenvalue weighted by atomic mass is 32.2. The van der Waals surface area contributed by atoms with Gasteiger partial charge < -0.3 is 15.4 Å². The van der Waals surface area contributed by atoms with Crippen molar-refractivity contribution < 1.29 is 17.9 Å². The fourth-order valence-electron chi connectivity index (χ4n) is 2.09. The summed E-state index contributed by atoms with van der Waals surface area (Å²) in [4.78, 5) is 18.2. The second kappa shape index (κ2) is 8.41. The summed E-state index contributed by atoms with van der Waals surface area (Å²) in [6, 6.07) is 6.36. The lowest BCUT2D eigenvalue weighted by molar-refractivity contribution is 0.0782. The van der Waals surface area contributed by atoms with Gasteiger partial charge >= 0.3 is 0 Å². The number of nitrogens with two attached hydrogens (primary N) is 1. The van der Waals surface area contributed by atoms with Gasteiger partial charge in [0.15, 0.2) is 9.84 Å². The number of aromatic nitrogens is 1. The van der Waals surface area contributed by atoms with Gasteiger partial charge in [-0.15, -0.1) is 11.3 Å². The van der Waals surface area contributed by atoms with Crippen LogP contribution in [0.3, 0.4) is 0 Å². The number of nitrogens with zero attached hydrogens (tertiary/aromatic N) is 2. The number of carbonyl (C=O) groups excluding carboxylic acids is 1. The summed E-state index contributed by atoms with van der Waals surface area (Å²) in [7, 11) is -1.56. The van der Waals surface area contributed by atoms with Crippen molar-refractivity contribution in [1.82, 2.24) is 9.88 Å². The Morgan fingerprint density at radius 3 is 2.80 bits per heavy atom. The first kappa shape index (κ1) is 19.4. The summed E-state index contributed by atoms with van der Waals surface area (Å²) in [5.74, 6) is 0.332. The van der Waals surface area contributed by atoms with Crippen molar-refractivity contribution in [3.8, 4) is 5.75 Å². The van der Waals surface area contributed by atoms with Crippen molar-refractivity contribution in [3.05, 3.63) is 40.3 Å². The number of carbonyl (C=O) groups is 1. The van der Waals surface area contributed by atoms with Crippen LogP contribution in [0, 0.1) is 0 Å². The molecule has 0 aliphatic carbocycles. The lowest BCUT2D eigenvalue weighted by Crippen LogP contribution is -2.29.